The average molecular weight is 178 g/mol. The lowest BCUT2D eigenvalue weighted by molar-refractivity contribution is 0.573. The third kappa shape index (κ3) is 2.27. The molecule has 0 saturated carbocycles. The molecule has 0 aliphatic heterocycles. The van der Waals surface area contributed by atoms with Gasteiger partial charge in [0.2, 0.25) is 0 Å². The second-order valence-electron chi connectivity index (χ2n) is 3.12. The van der Waals surface area contributed by atoms with Crippen LogP contribution >= 0.6 is 23.7 Å². The van der Waals surface area contributed by atoms with E-state index in [-0.39, 0.29) is 17.8 Å². The number of rotatable bonds is 0. The van der Waals surface area contributed by atoms with Crippen molar-refractivity contribution in [1.82, 2.24) is 4.98 Å². The van der Waals surface area contributed by atoms with E-state index in [1.54, 1.807) is 11.3 Å². The summed E-state index contributed by atoms with van der Waals surface area (Å²) < 4.78 is 0. The van der Waals surface area contributed by atoms with Crippen LogP contribution in [-0.4, -0.2) is 4.98 Å². The van der Waals surface area contributed by atoms with Crippen LogP contribution in [0.15, 0.2) is 10.9 Å². The molecule has 1 aromatic heterocycles. The molecule has 58 valence electrons. The molecule has 1 rings (SSSR count). The predicted molar refractivity (Wildman–Crippen MR) is 48.1 cm³/mol. The van der Waals surface area contributed by atoms with E-state index in [0.717, 1.165) is 0 Å². The van der Waals surface area contributed by atoms with E-state index in [4.69, 9.17) is 0 Å². The van der Waals surface area contributed by atoms with E-state index < -0.39 is 0 Å². The lowest BCUT2D eigenvalue weighted by atomic mass is 9.93. The lowest BCUT2D eigenvalue weighted by Gasteiger charge is -2.13. The minimum atomic E-state index is 0. The third-order valence-electron chi connectivity index (χ3n) is 1.20. The van der Waals surface area contributed by atoms with Crippen LogP contribution in [0, 0.1) is 0 Å². The van der Waals surface area contributed by atoms with Crippen LogP contribution in [0.5, 0.6) is 0 Å². The second kappa shape index (κ2) is 3.35. The summed E-state index contributed by atoms with van der Waals surface area (Å²) in [5, 5.41) is 2.10. The van der Waals surface area contributed by atoms with E-state index in [0.29, 0.717) is 0 Å². The molecule has 0 saturated heterocycles. The van der Waals surface area contributed by atoms with Crippen LogP contribution in [0.1, 0.15) is 26.5 Å². The molecule has 0 fully saturated rings. The minimum absolute atomic E-state index is 0. The number of hydrogen-bond donors (Lipinski definition) is 0. The first-order chi connectivity index (χ1) is 4.11. The van der Waals surface area contributed by atoms with E-state index in [1.165, 1.54) is 5.69 Å². The second-order valence-corrected chi connectivity index (χ2v) is 3.84. The van der Waals surface area contributed by atoms with Gasteiger partial charge in [-0.2, -0.15) is 0 Å². The summed E-state index contributed by atoms with van der Waals surface area (Å²) in [6.07, 6.45) is 0. The summed E-state index contributed by atoms with van der Waals surface area (Å²) in [7, 11) is 0. The summed E-state index contributed by atoms with van der Waals surface area (Å²) in [6.45, 7) is 6.51. The maximum absolute atomic E-state index is 4.21. The topological polar surface area (TPSA) is 12.9 Å². The third-order valence-corrected chi connectivity index (χ3v) is 1.79. The molecule has 0 N–H and O–H groups in total. The van der Waals surface area contributed by atoms with Gasteiger partial charge in [0.05, 0.1) is 11.2 Å². The zero-order chi connectivity index (χ0) is 6.91. The highest BCUT2D eigenvalue weighted by Gasteiger charge is 2.14. The molecule has 0 aliphatic carbocycles. The Balaban J connectivity index is 0.000000810. The maximum atomic E-state index is 4.21. The largest absolute Gasteiger partial charge is 0.249 e. The van der Waals surface area contributed by atoms with Crippen molar-refractivity contribution in [3.05, 3.63) is 16.6 Å². The molecule has 0 spiro atoms. The van der Waals surface area contributed by atoms with Gasteiger partial charge in [0.1, 0.15) is 0 Å². The van der Waals surface area contributed by atoms with Gasteiger partial charge in [-0.25, -0.2) is 4.98 Å². The van der Waals surface area contributed by atoms with Crippen molar-refractivity contribution in [2.24, 2.45) is 0 Å². The van der Waals surface area contributed by atoms with E-state index in [1.807, 2.05) is 5.51 Å². The van der Waals surface area contributed by atoms with Crippen molar-refractivity contribution >= 4 is 23.7 Å². The minimum Gasteiger partial charge on any atom is -0.249 e. The first-order valence-electron chi connectivity index (χ1n) is 2.99. The molecular formula is C7H12ClNS. The van der Waals surface area contributed by atoms with Crippen LogP contribution in [-0.2, 0) is 5.41 Å². The van der Waals surface area contributed by atoms with Crippen LogP contribution in [0.4, 0.5) is 0 Å². The molecule has 0 amide bonds. The van der Waals surface area contributed by atoms with Gasteiger partial charge >= 0.3 is 0 Å². The Labute approximate surface area is 71.9 Å². The summed E-state index contributed by atoms with van der Waals surface area (Å²) in [6, 6.07) is 0. The Kier molecular flexibility index (Phi) is 3.33. The number of halogens is 1. The van der Waals surface area contributed by atoms with Crippen molar-refractivity contribution in [2.75, 3.05) is 0 Å². The lowest BCUT2D eigenvalue weighted by Crippen LogP contribution is -2.10. The first kappa shape index (κ1) is 9.92. The van der Waals surface area contributed by atoms with Crippen LogP contribution in [0.3, 0.4) is 0 Å². The molecule has 0 bridgehead atoms. The van der Waals surface area contributed by atoms with Gasteiger partial charge in [0, 0.05) is 10.8 Å². The highest BCUT2D eigenvalue weighted by atomic mass is 35.5. The molecular weight excluding hydrogens is 166 g/mol. The Morgan fingerprint density at radius 1 is 1.40 bits per heavy atom. The summed E-state index contributed by atoms with van der Waals surface area (Å²) in [5.41, 5.74) is 3.29. The van der Waals surface area contributed by atoms with Crippen molar-refractivity contribution in [2.45, 2.75) is 26.2 Å². The van der Waals surface area contributed by atoms with E-state index >= 15 is 0 Å². The average Bonchev–Trinajstić information content (AvgIpc) is 2.08. The van der Waals surface area contributed by atoms with Gasteiger partial charge in [0.15, 0.2) is 0 Å². The fourth-order valence-corrected chi connectivity index (χ4v) is 1.36. The van der Waals surface area contributed by atoms with Crippen molar-refractivity contribution in [3.63, 3.8) is 0 Å². The number of thiazole rings is 1. The van der Waals surface area contributed by atoms with Gasteiger partial charge in [0.25, 0.3) is 0 Å². The SMILES string of the molecule is CC(C)(C)c1cscn1.Cl. The molecule has 1 heterocycles. The van der Waals surface area contributed by atoms with E-state index in [2.05, 4.69) is 31.1 Å². The smallest absolute Gasteiger partial charge is 0.0794 e. The summed E-state index contributed by atoms with van der Waals surface area (Å²) in [4.78, 5) is 4.21. The Morgan fingerprint density at radius 3 is 2.20 bits per heavy atom. The fourth-order valence-electron chi connectivity index (χ4n) is 0.583. The molecule has 0 unspecified atom stereocenters. The van der Waals surface area contributed by atoms with Gasteiger partial charge in [-0.05, 0) is 0 Å². The Morgan fingerprint density at radius 2 is 2.00 bits per heavy atom. The monoisotopic (exact) mass is 177 g/mol. The first-order valence-corrected chi connectivity index (χ1v) is 3.93. The van der Waals surface area contributed by atoms with Crippen molar-refractivity contribution < 1.29 is 0 Å². The molecule has 1 aromatic rings. The van der Waals surface area contributed by atoms with Crippen molar-refractivity contribution in [3.8, 4) is 0 Å². The maximum Gasteiger partial charge on any atom is 0.0794 e. The van der Waals surface area contributed by atoms with Gasteiger partial charge < -0.3 is 0 Å². The molecule has 0 aliphatic rings. The van der Waals surface area contributed by atoms with Gasteiger partial charge in [-0.3, -0.25) is 0 Å². The molecule has 3 heteroatoms. The predicted octanol–water partition coefficient (Wildman–Crippen LogP) is 2.86. The molecule has 0 aromatic carbocycles. The highest BCUT2D eigenvalue weighted by Crippen LogP contribution is 2.20. The Bertz CT molecular complexity index is 176. The van der Waals surface area contributed by atoms with Crippen molar-refractivity contribution in [1.29, 1.82) is 0 Å². The summed E-state index contributed by atoms with van der Waals surface area (Å²) >= 11 is 1.66. The fraction of sp³-hybridized carbons (Fsp3) is 0.571. The molecule has 10 heavy (non-hydrogen) atoms. The quantitative estimate of drug-likeness (QED) is 0.594. The number of nitrogens with zero attached hydrogens (tertiary/aromatic N) is 1. The number of hydrogen-bond acceptors (Lipinski definition) is 2. The zero-order valence-corrected chi connectivity index (χ0v) is 8.05. The highest BCUT2D eigenvalue weighted by molar-refractivity contribution is 7.07. The van der Waals surface area contributed by atoms with Gasteiger partial charge in [-0.15, -0.1) is 23.7 Å². The zero-order valence-electron chi connectivity index (χ0n) is 6.42. The molecule has 0 atom stereocenters. The van der Waals surface area contributed by atoms with E-state index in [9.17, 15) is 0 Å². The van der Waals surface area contributed by atoms with Gasteiger partial charge in [-0.1, -0.05) is 20.8 Å². The number of aromatic nitrogens is 1. The van der Waals surface area contributed by atoms with Crippen LogP contribution < -0.4 is 0 Å². The molecule has 0 radical (unpaired) electrons. The Hall–Kier alpha value is -0.0800. The van der Waals surface area contributed by atoms with Crippen LogP contribution in [0.2, 0.25) is 0 Å². The summed E-state index contributed by atoms with van der Waals surface area (Å²) in [5.74, 6) is 0. The normalized spacial score (nSPS) is 10.7. The molecule has 1 nitrogen and oxygen atoms in total. The standard InChI is InChI=1S/C7H11NS.ClH/c1-7(2,3)6-4-9-5-8-6;/h4-5H,1-3H3;1H. The van der Waals surface area contributed by atoms with Crippen LogP contribution in [0.25, 0.3) is 0 Å².